The van der Waals surface area contributed by atoms with E-state index < -0.39 is 5.60 Å². The van der Waals surface area contributed by atoms with Gasteiger partial charge >= 0.3 is 6.09 Å². The minimum absolute atomic E-state index is 0.142. The standard InChI is InChI=1S/C15H28N2O2/c1-12(16-13(18)19-14(2,3)4)11-17-9-7-15(5-6-15)8-10-17/h12H,5-11H2,1-4H3,(H,16,18)/t12-/m1/s1. The van der Waals surface area contributed by atoms with E-state index in [0.717, 1.165) is 12.0 Å². The van der Waals surface area contributed by atoms with Crippen molar-refractivity contribution in [1.82, 2.24) is 10.2 Å². The highest BCUT2D eigenvalue weighted by atomic mass is 16.6. The molecule has 1 saturated carbocycles. The van der Waals surface area contributed by atoms with Gasteiger partial charge in [-0.15, -0.1) is 0 Å². The third kappa shape index (κ3) is 4.68. The molecule has 1 amide bonds. The molecule has 0 unspecified atom stereocenters. The van der Waals surface area contributed by atoms with Gasteiger partial charge in [-0.1, -0.05) is 0 Å². The van der Waals surface area contributed by atoms with Crippen molar-refractivity contribution in [1.29, 1.82) is 0 Å². The van der Waals surface area contributed by atoms with Crippen LogP contribution in [0.1, 0.15) is 53.4 Å². The molecular formula is C15H28N2O2. The Balaban J connectivity index is 1.66. The molecule has 0 bridgehead atoms. The van der Waals surface area contributed by atoms with Gasteiger partial charge in [-0.25, -0.2) is 4.79 Å². The summed E-state index contributed by atoms with van der Waals surface area (Å²) in [6, 6.07) is 0.142. The van der Waals surface area contributed by atoms with Crippen molar-refractivity contribution < 1.29 is 9.53 Å². The number of hydrogen-bond donors (Lipinski definition) is 1. The summed E-state index contributed by atoms with van der Waals surface area (Å²) in [5, 5.41) is 2.92. The predicted molar refractivity (Wildman–Crippen MR) is 76.2 cm³/mol. The fourth-order valence-corrected chi connectivity index (χ4v) is 2.83. The number of alkyl carbamates (subject to hydrolysis) is 1. The molecule has 2 rings (SSSR count). The van der Waals surface area contributed by atoms with Crippen LogP contribution in [0.3, 0.4) is 0 Å². The zero-order valence-corrected chi connectivity index (χ0v) is 12.8. The Morgan fingerprint density at radius 3 is 2.32 bits per heavy atom. The number of amides is 1. The van der Waals surface area contributed by atoms with Gasteiger partial charge in [0.1, 0.15) is 5.60 Å². The molecule has 0 aromatic heterocycles. The van der Waals surface area contributed by atoms with E-state index in [1.54, 1.807) is 0 Å². The predicted octanol–water partition coefficient (Wildman–Crippen LogP) is 2.78. The normalized spacial score (nSPS) is 24.0. The Morgan fingerprint density at radius 2 is 1.84 bits per heavy atom. The van der Waals surface area contributed by atoms with Crippen LogP contribution in [-0.2, 0) is 4.74 Å². The molecule has 1 atom stereocenters. The maximum absolute atomic E-state index is 11.7. The van der Waals surface area contributed by atoms with Crippen LogP contribution in [0.4, 0.5) is 4.79 Å². The Bertz CT molecular complexity index is 322. The van der Waals surface area contributed by atoms with Crippen LogP contribution < -0.4 is 5.32 Å². The highest BCUT2D eigenvalue weighted by Crippen LogP contribution is 2.53. The molecule has 0 aromatic carbocycles. The van der Waals surface area contributed by atoms with Crippen molar-refractivity contribution in [3.8, 4) is 0 Å². The summed E-state index contributed by atoms with van der Waals surface area (Å²) >= 11 is 0. The van der Waals surface area contributed by atoms with Crippen LogP contribution in [-0.4, -0.2) is 42.3 Å². The number of nitrogens with zero attached hydrogens (tertiary/aromatic N) is 1. The zero-order chi connectivity index (χ0) is 14.1. The Labute approximate surface area is 116 Å². The monoisotopic (exact) mass is 268 g/mol. The van der Waals surface area contributed by atoms with Gasteiger partial charge in [0.15, 0.2) is 0 Å². The van der Waals surface area contributed by atoms with Gasteiger partial charge in [-0.2, -0.15) is 0 Å². The lowest BCUT2D eigenvalue weighted by Gasteiger charge is -2.34. The second-order valence-corrected chi connectivity index (χ2v) is 7.35. The quantitative estimate of drug-likeness (QED) is 0.855. The van der Waals surface area contributed by atoms with Gasteiger partial charge in [0.05, 0.1) is 0 Å². The van der Waals surface area contributed by atoms with Crippen molar-refractivity contribution in [2.45, 2.75) is 65.0 Å². The fourth-order valence-electron chi connectivity index (χ4n) is 2.83. The topological polar surface area (TPSA) is 41.6 Å². The summed E-state index contributed by atoms with van der Waals surface area (Å²) in [5.74, 6) is 0. The Morgan fingerprint density at radius 1 is 1.26 bits per heavy atom. The molecule has 1 spiro atoms. The van der Waals surface area contributed by atoms with E-state index in [0.29, 0.717) is 0 Å². The molecule has 4 heteroatoms. The minimum atomic E-state index is -0.423. The molecular weight excluding hydrogens is 240 g/mol. The number of hydrogen-bond acceptors (Lipinski definition) is 3. The molecule has 0 aromatic rings. The number of likely N-dealkylation sites (tertiary alicyclic amines) is 1. The summed E-state index contributed by atoms with van der Waals surface area (Å²) in [5.41, 5.74) is 0.297. The third-order valence-electron chi connectivity index (χ3n) is 4.17. The third-order valence-corrected chi connectivity index (χ3v) is 4.17. The van der Waals surface area contributed by atoms with E-state index in [4.69, 9.17) is 4.74 Å². The molecule has 0 radical (unpaired) electrons. The summed E-state index contributed by atoms with van der Waals surface area (Å²) in [7, 11) is 0. The van der Waals surface area contributed by atoms with Gasteiger partial charge < -0.3 is 15.0 Å². The molecule has 19 heavy (non-hydrogen) atoms. The van der Waals surface area contributed by atoms with Crippen LogP contribution in [0.2, 0.25) is 0 Å². The number of carbonyl (C=O) groups excluding carboxylic acids is 1. The average molecular weight is 268 g/mol. The molecule has 4 nitrogen and oxygen atoms in total. The Hall–Kier alpha value is -0.770. The summed E-state index contributed by atoms with van der Waals surface area (Å²) in [4.78, 5) is 14.1. The maximum atomic E-state index is 11.7. The van der Waals surface area contributed by atoms with Gasteiger partial charge in [-0.3, -0.25) is 0 Å². The first-order valence-corrected chi connectivity index (χ1v) is 7.50. The highest BCUT2D eigenvalue weighted by Gasteiger charge is 2.44. The van der Waals surface area contributed by atoms with Crippen molar-refractivity contribution in [2.75, 3.05) is 19.6 Å². The first kappa shape index (κ1) is 14.6. The number of ether oxygens (including phenoxy) is 1. The van der Waals surface area contributed by atoms with E-state index in [1.165, 1.54) is 38.8 Å². The van der Waals surface area contributed by atoms with Crippen molar-refractivity contribution in [2.24, 2.45) is 5.41 Å². The first-order chi connectivity index (χ1) is 8.78. The molecule has 1 aliphatic carbocycles. The van der Waals surface area contributed by atoms with Crippen LogP contribution in [0.25, 0.3) is 0 Å². The van der Waals surface area contributed by atoms with Gasteiger partial charge in [0.2, 0.25) is 0 Å². The van der Waals surface area contributed by atoms with E-state index >= 15 is 0 Å². The molecule has 1 N–H and O–H groups in total. The van der Waals surface area contributed by atoms with Crippen LogP contribution in [0.15, 0.2) is 0 Å². The van der Waals surface area contributed by atoms with Gasteiger partial charge in [-0.05, 0) is 71.9 Å². The minimum Gasteiger partial charge on any atom is -0.444 e. The number of carbonyl (C=O) groups is 1. The number of piperidine rings is 1. The molecule has 2 aliphatic rings. The lowest BCUT2D eigenvalue weighted by Crippen LogP contribution is -2.46. The first-order valence-electron chi connectivity index (χ1n) is 7.50. The zero-order valence-electron chi connectivity index (χ0n) is 12.8. The van der Waals surface area contributed by atoms with E-state index in [1.807, 2.05) is 27.7 Å². The smallest absolute Gasteiger partial charge is 0.407 e. The van der Waals surface area contributed by atoms with E-state index in [9.17, 15) is 4.79 Å². The molecule has 1 aliphatic heterocycles. The summed E-state index contributed by atoms with van der Waals surface area (Å²) < 4.78 is 5.27. The fraction of sp³-hybridized carbons (Fsp3) is 0.933. The molecule has 1 saturated heterocycles. The van der Waals surface area contributed by atoms with Crippen molar-refractivity contribution >= 4 is 6.09 Å². The molecule has 2 fully saturated rings. The van der Waals surface area contributed by atoms with Crippen molar-refractivity contribution in [3.05, 3.63) is 0 Å². The lowest BCUT2D eigenvalue weighted by molar-refractivity contribution is 0.0490. The van der Waals surface area contributed by atoms with Crippen molar-refractivity contribution in [3.63, 3.8) is 0 Å². The maximum Gasteiger partial charge on any atom is 0.407 e. The second-order valence-electron chi connectivity index (χ2n) is 7.35. The highest BCUT2D eigenvalue weighted by molar-refractivity contribution is 5.68. The number of nitrogens with one attached hydrogen (secondary N) is 1. The molecule has 110 valence electrons. The van der Waals surface area contributed by atoms with Crippen LogP contribution in [0.5, 0.6) is 0 Å². The second kappa shape index (κ2) is 5.31. The Kier molecular flexibility index (Phi) is 4.09. The van der Waals surface area contributed by atoms with Gasteiger partial charge in [0.25, 0.3) is 0 Å². The van der Waals surface area contributed by atoms with Crippen LogP contribution >= 0.6 is 0 Å². The largest absolute Gasteiger partial charge is 0.444 e. The van der Waals surface area contributed by atoms with E-state index in [2.05, 4.69) is 10.2 Å². The van der Waals surface area contributed by atoms with Gasteiger partial charge in [0, 0.05) is 12.6 Å². The summed E-state index contributed by atoms with van der Waals surface area (Å²) in [6.45, 7) is 11.0. The average Bonchev–Trinajstić information content (AvgIpc) is 2.99. The number of rotatable bonds is 3. The SMILES string of the molecule is C[C@H](CN1CCC2(CC1)CC2)NC(=O)OC(C)(C)C. The molecule has 1 heterocycles. The van der Waals surface area contributed by atoms with E-state index in [-0.39, 0.29) is 12.1 Å². The lowest BCUT2D eigenvalue weighted by atomic mass is 9.93. The van der Waals surface area contributed by atoms with Crippen LogP contribution in [0, 0.1) is 5.41 Å². The summed E-state index contributed by atoms with van der Waals surface area (Å²) in [6.07, 6.45) is 5.24.